The van der Waals surface area contributed by atoms with Crippen molar-refractivity contribution in [2.45, 2.75) is 57.8 Å². The zero-order chi connectivity index (χ0) is 13.1. The van der Waals surface area contributed by atoms with Gasteiger partial charge < -0.3 is 10.2 Å². The zero-order valence-corrected chi connectivity index (χ0v) is 9.98. The minimum Gasteiger partial charge on any atom is -0.481 e. The second kappa shape index (κ2) is 9.81. The molecule has 1 aliphatic rings. The van der Waals surface area contributed by atoms with Crippen LogP contribution in [-0.4, -0.2) is 27.9 Å². The smallest absolute Gasteiger partial charge is 0.303 e. The number of rotatable bonds is 5. The fourth-order valence-electron chi connectivity index (χ4n) is 1.50. The lowest BCUT2D eigenvalue weighted by Gasteiger charge is -2.05. The van der Waals surface area contributed by atoms with Gasteiger partial charge in [-0.1, -0.05) is 6.42 Å². The first-order valence-corrected chi connectivity index (χ1v) is 5.97. The van der Waals surface area contributed by atoms with Gasteiger partial charge in [-0.2, -0.15) is 0 Å². The molecule has 17 heavy (non-hydrogen) atoms. The highest BCUT2D eigenvalue weighted by Gasteiger charge is 2.06. The van der Waals surface area contributed by atoms with Gasteiger partial charge in [0.15, 0.2) is 0 Å². The molecule has 1 aliphatic carbocycles. The van der Waals surface area contributed by atoms with Crippen LogP contribution < -0.4 is 0 Å². The lowest BCUT2D eigenvalue weighted by Crippen LogP contribution is -2.02. The van der Waals surface area contributed by atoms with Crippen molar-refractivity contribution in [2.24, 2.45) is 0 Å². The molecule has 0 heterocycles. The first kappa shape index (κ1) is 15.6. The molecule has 1 saturated carbocycles. The second-order valence-electron chi connectivity index (χ2n) is 4.09. The van der Waals surface area contributed by atoms with E-state index in [1.807, 2.05) is 0 Å². The molecule has 0 aromatic carbocycles. The lowest BCUT2D eigenvalue weighted by atomic mass is 10.00. The lowest BCUT2D eigenvalue weighted by molar-refractivity contribution is -0.139. The number of carboxylic acids is 2. The van der Waals surface area contributed by atoms with Crippen molar-refractivity contribution in [1.29, 1.82) is 0 Å². The van der Waals surface area contributed by atoms with Gasteiger partial charge >= 0.3 is 11.9 Å². The van der Waals surface area contributed by atoms with E-state index in [0.717, 1.165) is 25.7 Å². The molecule has 1 rings (SSSR count). The van der Waals surface area contributed by atoms with Crippen molar-refractivity contribution in [3.63, 3.8) is 0 Å². The molecule has 5 nitrogen and oxygen atoms in total. The summed E-state index contributed by atoms with van der Waals surface area (Å²) in [5, 5.41) is 16.3. The summed E-state index contributed by atoms with van der Waals surface area (Å²) >= 11 is 0. The van der Waals surface area contributed by atoms with E-state index in [1.54, 1.807) is 0 Å². The Bertz CT molecular complexity index is 236. The van der Waals surface area contributed by atoms with Gasteiger partial charge in [0, 0.05) is 25.7 Å². The van der Waals surface area contributed by atoms with Gasteiger partial charge in [0.1, 0.15) is 5.78 Å². The van der Waals surface area contributed by atoms with E-state index in [4.69, 9.17) is 10.2 Å². The van der Waals surface area contributed by atoms with Crippen molar-refractivity contribution >= 4 is 17.7 Å². The van der Waals surface area contributed by atoms with Crippen LogP contribution >= 0.6 is 0 Å². The van der Waals surface area contributed by atoms with Crippen LogP contribution in [-0.2, 0) is 14.4 Å². The van der Waals surface area contributed by atoms with Crippen molar-refractivity contribution in [3.05, 3.63) is 0 Å². The van der Waals surface area contributed by atoms with E-state index >= 15 is 0 Å². The van der Waals surface area contributed by atoms with E-state index in [0.29, 0.717) is 18.6 Å². The van der Waals surface area contributed by atoms with E-state index in [9.17, 15) is 14.4 Å². The number of hydrogen-bond donors (Lipinski definition) is 2. The van der Waals surface area contributed by atoms with Crippen LogP contribution in [0.1, 0.15) is 57.8 Å². The summed E-state index contributed by atoms with van der Waals surface area (Å²) in [6.45, 7) is 0. The molecule has 0 amide bonds. The number of aliphatic carboxylic acids is 2. The van der Waals surface area contributed by atoms with Crippen LogP contribution in [0, 0.1) is 0 Å². The van der Waals surface area contributed by atoms with Gasteiger partial charge in [-0.3, -0.25) is 14.4 Å². The quantitative estimate of drug-likeness (QED) is 0.723. The van der Waals surface area contributed by atoms with Gasteiger partial charge in [-0.25, -0.2) is 0 Å². The Hall–Kier alpha value is -1.39. The van der Waals surface area contributed by atoms with Crippen molar-refractivity contribution in [1.82, 2.24) is 0 Å². The van der Waals surface area contributed by atoms with Gasteiger partial charge in [0.25, 0.3) is 0 Å². The minimum atomic E-state index is -0.870. The van der Waals surface area contributed by atoms with E-state index < -0.39 is 11.9 Å². The number of ketones is 1. The van der Waals surface area contributed by atoms with Gasteiger partial charge in [-0.15, -0.1) is 0 Å². The van der Waals surface area contributed by atoms with Crippen molar-refractivity contribution in [3.8, 4) is 0 Å². The minimum absolute atomic E-state index is 0.0628. The van der Waals surface area contributed by atoms with Crippen LogP contribution in [0.3, 0.4) is 0 Å². The molecule has 0 bridgehead atoms. The van der Waals surface area contributed by atoms with E-state index in [1.165, 1.54) is 6.42 Å². The largest absolute Gasteiger partial charge is 0.481 e. The average molecular weight is 244 g/mol. The molecule has 98 valence electrons. The predicted molar refractivity (Wildman–Crippen MR) is 61.8 cm³/mol. The van der Waals surface area contributed by atoms with Gasteiger partial charge in [-0.05, 0) is 25.7 Å². The third kappa shape index (κ3) is 12.5. The Balaban J connectivity index is 0.000000318. The highest BCUT2D eigenvalue weighted by Crippen LogP contribution is 2.12. The Labute approximate surface area is 101 Å². The van der Waals surface area contributed by atoms with Crippen molar-refractivity contribution < 1.29 is 24.6 Å². The Morgan fingerprint density at radius 3 is 1.53 bits per heavy atom. The summed E-state index contributed by atoms with van der Waals surface area (Å²) in [5.74, 6) is -1.28. The average Bonchev–Trinajstić information content (AvgIpc) is 2.26. The van der Waals surface area contributed by atoms with Crippen LogP contribution in [0.2, 0.25) is 0 Å². The monoisotopic (exact) mass is 244 g/mol. The molecule has 0 radical (unpaired) electrons. The SMILES string of the molecule is O=C(O)CCCCC(=O)O.O=C1CCCCC1. The van der Waals surface area contributed by atoms with Crippen molar-refractivity contribution in [2.75, 3.05) is 0 Å². The first-order chi connectivity index (χ1) is 8.02. The normalized spacial score (nSPS) is 14.7. The number of carbonyl (C=O) groups is 3. The number of unbranched alkanes of at least 4 members (excludes halogenated alkanes) is 1. The first-order valence-electron chi connectivity index (χ1n) is 5.97. The molecule has 0 aromatic rings. The maximum absolute atomic E-state index is 10.5. The summed E-state index contributed by atoms with van der Waals surface area (Å²) in [6, 6.07) is 0. The molecule has 0 saturated heterocycles. The molecule has 2 N–H and O–H groups in total. The van der Waals surface area contributed by atoms with Gasteiger partial charge in [0.05, 0.1) is 0 Å². The van der Waals surface area contributed by atoms with Crippen LogP contribution in [0.4, 0.5) is 0 Å². The molecule has 0 spiro atoms. The standard InChI is InChI=1S/C6H10O4.C6H10O/c7-5(8)3-1-2-4-6(9)10;7-6-4-2-1-3-5-6/h1-4H2,(H,7,8)(H,9,10);1-5H2. The summed E-state index contributed by atoms with van der Waals surface area (Å²) in [5.41, 5.74) is 0. The number of carboxylic acid groups (broad SMARTS) is 2. The molecule has 5 heteroatoms. The van der Waals surface area contributed by atoms with Gasteiger partial charge in [0.2, 0.25) is 0 Å². The summed E-state index contributed by atoms with van der Waals surface area (Å²) in [4.78, 5) is 30.3. The molecule has 0 unspecified atom stereocenters. The number of carbonyl (C=O) groups excluding carboxylic acids is 1. The topological polar surface area (TPSA) is 91.7 Å². The highest BCUT2D eigenvalue weighted by molar-refractivity contribution is 5.78. The summed E-state index contributed by atoms with van der Waals surface area (Å²) < 4.78 is 0. The summed E-state index contributed by atoms with van der Waals surface area (Å²) in [7, 11) is 0. The molecule has 0 aromatic heterocycles. The Morgan fingerprint density at radius 1 is 0.882 bits per heavy atom. The van der Waals surface area contributed by atoms with Crippen LogP contribution in [0.25, 0.3) is 0 Å². The summed E-state index contributed by atoms with van der Waals surface area (Å²) in [6.07, 6.45) is 6.26. The molecule has 0 atom stereocenters. The third-order valence-electron chi connectivity index (χ3n) is 2.44. The fourth-order valence-corrected chi connectivity index (χ4v) is 1.50. The van der Waals surface area contributed by atoms with Crippen LogP contribution in [0.5, 0.6) is 0 Å². The van der Waals surface area contributed by atoms with Crippen LogP contribution in [0.15, 0.2) is 0 Å². The number of hydrogen-bond acceptors (Lipinski definition) is 3. The second-order valence-corrected chi connectivity index (χ2v) is 4.09. The molecular formula is C12H20O5. The predicted octanol–water partition coefficient (Wildman–Crippen LogP) is 2.24. The van der Waals surface area contributed by atoms with E-state index in [2.05, 4.69) is 0 Å². The van der Waals surface area contributed by atoms with E-state index in [-0.39, 0.29) is 12.8 Å². The molecule has 1 fully saturated rings. The molecule has 0 aliphatic heterocycles. The maximum Gasteiger partial charge on any atom is 0.303 e. The third-order valence-corrected chi connectivity index (χ3v) is 2.44. The molecular weight excluding hydrogens is 224 g/mol. The number of Topliss-reactive ketones (excluding diaryl/α,β-unsaturated/α-hetero) is 1. The maximum atomic E-state index is 10.5. The Morgan fingerprint density at radius 2 is 1.29 bits per heavy atom. The fraction of sp³-hybridized carbons (Fsp3) is 0.750. The zero-order valence-electron chi connectivity index (χ0n) is 9.98. The highest BCUT2D eigenvalue weighted by atomic mass is 16.4. The Kier molecular flexibility index (Phi) is 9.01.